The molecule has 0 aliphatic rings. The molecule has 4 aromatic rings. The number of amides is 1. The fourth-order valence-electron chi connectivity index (χ4n) is 3.55. The Balaban J connectivity index is 1.29. The van der Waals surface area contributed by atoms with E-state index in [2.05, 4.69) is 22.8 Å². The molecule has 0 heterocycles. The van der Waals surface area contributed by atoms with Gasteiger partial charge in [-0.2, -0.15) is 0 Å². The van der Waals surface area contributed by atoms with Gasteiger partial charge in [-0.3, -0.25) is 4.79 Å². The molecule has 0 saturated carbocycles. The van der Waals surface area contributed by atoms with E-state index in [9.17, 15) is 4.79 Å². The van der Waals surface area contributed by atoms with Gasteiger partial charge in [-0.25, -0.2) is 0 Å². The molecule has 0 aromatic heterocycles. The summed E-state index contributed by atoms with van der Waals surface area (Å²) in [6.07, 6.45) is 1.09. The quantitative estimate of drug-likeness (QED) is 0.372. The highest BCUT2D eigenvalue weighted by Crippen LogP contribution is 2.19. The van der Waals surface area contributed by atoms with Crippen LogP contribution in [-0.2, 0) is 17.6 Å². The van der Waals surface area contributed by atoms with Crippen molar-refractivity contribution in [2.45, 2.75) is 12.8 Å². The predicted octanol–water partition coefficient (Wildman–Crippen LogP) is 5.52. The highest BCUT2D eigenvalue weighted by Gasteiger charge is 2.09. The van der Waals surface area contributed by atoms with E-state index in [-0.39, 0.29) is 17.4 Å². The minimum Gasteiger partial charge on any atom is -0.493 e. The van der Waals surface area contributed by atoms with Crippen LogP contribution in [0.3, 0.4) is 0 Å². The first kappa shape index (κ1) is 21.5. The summed E-state index contributed by atoms with van der Waals surface area (Å²) >= 11 is 5.34. The van der Waals surface area contributed by atoms with Crippen LogP contribution in [0.2, 0.25) is 0 Å². The first-order valence-electron chi connectivity index (χ1n) is 10.5. The zero-order valence-electron chi connectivity index (χ0n) is 17.6. The molecule has 0 aliphatic carbocycles. The van der Waals surface area contributed by atoms with Crippen molar-refractivity contribution >= 4 is 39.7 Å². The van der Waals surface area contributed by atoms with E-state index < -0.39 is 0 Å². The van der Waals surface area contributed by atoms with E-state index in [4.69, 9.17) is 17.0 Å². The van der Waals surface area contributed by atoms with E-state index in [0.717, 1.165) is 34.2 Å². The number of ether oxygens (including phenoxy) is 1. The van der Waals surface area contributed by atoms with Crippen LogP contribution >= 0.6 is 12.2 Å². The molecule has 2 N–H and O–H groups in total. The van der Waals surface area contributed by atoms with Gasteiger partial charge in [0.1, 0.15) is 5.75 Å². The van der Waals surface area contributed by atoms with E-state index in [1.165, 1.54) is 5.56 Å². The number of hydrogen-bond acceptors (Lipinski definition) is 3. The Labute approximate surface area is 193 Å². The Kier molecular flexibility index (Phi) is 7.10. The number of carbonyl (C=O) groups excluding carboxylic acids is 1. The summed E-state index contributed by atoms with van der Waals surface area (Å²) in [6.45, 7) is 0.583. The van der Waals surface area contributed by atoms with Crippen molar-refractivity contribution in [1.29, 1.82) is 0 Å². The lowest BCUT2D eigenvalue weighted by Crippen LogP contribution is -2.35. The zero-order chi connectivity index (χ0) is 22.2. The number of benzene rings is 4. The van der Waals surface area contributed by atoms with Crippen molar-refractivity contribution in [3.05, 3.63) is 108 Å². The standard InChI is InChI=1S/C27H24N2O2S/c30-26(18-22-12-6-11-21-10-4-5-15-25(21)22)29-27(32)28-23-13-7-14-24(19-23)31-17-16-20-8-2-1-3-9-20/h1-15,19H,16-18H2,(H2,28,29,30,32). The summed E-state index contributed by atoms with van der Waals surface area (Å²) < 4.78 is 5.86. The Hall–Kier alpha value is -3.70. The number of hydrogen-bond donors (Lipinski definition) is 2. The van der Waals surface area contributed by atoms with Gasteiger partial charge in [0.25, 0.3) is 0 Å². The Bertz CT molecular complexity index is 1220. The van der Waals surface area contributed by atoms with Crippen LogP contribution in [0.5, 0.6) is 5.75 Å². The molecule has 0 unspecified atom stereocenters. The van der Waals surface area contributed by atoms with Gasteiger partial charge in [0.2, 0.25) is 5.91 Å². The Morgan fingerprint density at radius 1 is 0.844 bits per heavy atom. The minimum absolute atomic E-state index is 0.158. The third-order valence-electron chi connectivity index (χ3n) is 5.08. The second kappa shape index (κ2) is 10.6. The fourth-order valence-corrected chi connectivity index (χ4v) is 3.78. The smallest absolute Gasteiger partial charge is 0.230 e. The SMILES string of the molecule is O=C(Cc1cccc2ccccc12)NC(=S)Nc1cccc(OCCc2ccccc2)c1. The zero-order valence-corrected chi connectivity index (χ0v) is 18.4. The second-order valence-corrected chi connectivity index (χ2v) is 7.84. The van der Waals surface area contributed by atoms with Crippen molar-refractivity contribution in [1.82, 2.24) is 5.32 Å². The number of nitrogens with one attached hydrogen (secondary N) is 2. The Morgan fingerprint density at radius 3 is 2.47 bits per heavy atom. The molecule has 0 spiro atoms. The predicted molar refractivity (Wildman–Crippen MR) is 134 cm³/mol. The molecule has 160 valence electrons. The van der Waals surface area contributed by atoms with E-state index in [1.54, 1.807) is 0 Å². The second-order valence-electron chi connectivity index (χ2n) is 7.43. The summed E-state index contributed by atoms with van der Waals surface area (Å²) in [5.41, 5.74) is 2.96. The van der Waals surface area contributed by atoms with Gasteiger partial charge >= 0.3 is 0 Å². The maximum absolute atomic E-state index is 12.5. The highest BCUT2D eigenvalue weighted by atomic mass is 32.1. The number of fused-ring (bicyclic) bond motifs is 1. The molecular weight excluding hydrogens is 416 g/mol. The molecule has 0 aliphatic heterocycles. The van der Waals surface area contributed by atoms with Crippen LogP contribution in [0.1, 0.15) is 11.1 Å². The van der Waals surface area contributed by atoms with E-state index in [0.29, 0.717) is 6.61 Å². The van der Waals surface area contributed by atoms with Gasteiger partial charge in [-0.1, -0.05) is 78.9 Å². The van der Waals surface area contributed by atoms with Gasteiger partial charge in [0.15, 0.2) is 5.11 Å². The first-order chi connectivity index (χ1) is 15.7. The van der Waals surface area contributed by atoms with Gasteiger partial charge < -0.3 is 15.4 Å². The summed E-state index contributed by atoms with van der Waals surface area (Å²) in [6, 6.07) is 31.8. The van der Waals surface area contributed by atoms with Crippen molar-refractivity contribution in [2.75, 3.05) is 11.9 Å². The average molecular weight is 441 g/mol. The number of thiocarbonyl (C=S) groups is 1. The minimum atomic E-state index is -0.158. The third-order valence-corrected chi connectivity index (χ3v) is 5.28. The molecule has 4 aromatic carbocycles. The molecule has 0 radical (unpaired) electrons. The third kappa shape index (κ3) is 5.93. The van der Waals surface area contributed by atoms with E-state index >= 15 is 0 Å². The molecule has 0 fully saturated rings. The summed E-state index contributed by atoms with van der Waals surface area (Å²) in [5, 5.41) is 8.28. The van der Waals surface area contributed by atoms with Crippen LogP contribution in [0.25, 0.3) is 10.8 Å². The van der Waals surface area contributed by atoms with Gasteiger partial charge in [0.05, 0.1) is 13.0 Å². The van der Waals surface area contributed by atoms with Crippen LogP contribution in [0, 0.1) is 0 Å². The molecular formula is C27H24N2O2S. The van der Waals surface area contributed by atoms with Crippen LogP contribution in [-0.4, -0.2) is 17.6 Å². The van der Waals surface area contributed by atoms with Gasteiger partial charge in [0, 0.05) is 18.2 Å². The van der Waals surface area contributed by atoms with Crippen LogP contribution in [0.15, 0.2) is 97.1 Å². The first-order valence-corrected chi connectivity index (χ1v) is 10.9. The van der Waals surface area contributed by atoms with E-state index in [1.807, 2.05) is 84.9 Å². The molecule has 4 nitrogen and oxygen atoms in total. The monoisotopic (exact) mass is 440 g/mol. The van der Waals surface area contributed by atoms with Crippen molar-refractivity contribution in [3.63, 3.8) is 0 Å². The topological polar surface area (TPSA) is 50.4 Å². The summed E-state index contributed by atoms with van der Waals surface area (Å²) in [4.78, 5) is 12.5. The van der Waals surface area contributed by atoms with Crippen LogP contribution < -0.4 is 15.4 Å². The number of anilines is 1. The molecule has 0 atom stereocenters. The lowest BCUT2D eigenvalue weighted by molar-refractivity contribution is -0.119. The van der Waals surface area contributed by atoms with Crippen molar-refractivity contribution in [2.24, 2.45) is 0 Å². The molecule has 4 rings (SSSR count). The van der Waals surface area contributed by atoms with Gasteiger partial charge in [-0.15, -0.1) is 0 Å². The molecule has 1 amide bonds. The lowest BCUT2D eigenvalue weighted by atomic mass is 10.0. The molecule has 5 heteroatoms. The fraction of sp³-hybridized carbons (Fsp3) is 0.111. The van der Waals surface area contributed by atoms with Gasteiger partial charge in [-0.05, 0) is 46.2 Å². The average Bonchev–Trinajstić information content (AvgIpc) is 2.80. The lowest BCUT2D eigenvalue weighted by Gasteiger charge is -2.12. The summed E-state index contributed by atoms with van der Waals surface area (Å²) in [5.74, 6) is 0.588. The van der Waals surface area contributed by atoms with Crippen molar-refractivity contribution in [3.8, 4) is 5.75 Å². The maximum atomic E-state index is 12.5. The maximum Gasteiger partial charge on any atom is 0.230 e. The highest BCUT2D eigenvalue weighted by molar-refractivity contribution is 7.80. The molecule has 32 heavy (non-hydrogen) atoms. The van der Waals surface area contributed by atoms with Crippen LogP contribution in [0.4, 0.5) is 5.69 Å². The molecule has 0 saturated heterocycles. The number of carbonyl (C=O) groups is 1. The normalized spacial score (nSPS) is 10.5. The number of rotatable bonds is 7. The largest absolute Gasteiger partial charge is 0.493 e. The Morgan fingerprint density at radius 2 is 1.59 bits per heavy atom. The summed E-state index contributed by atoms with van der Waals surface area (Å²) in [7, 11) is 0. The molecule has 0 bridgehead atoms. The van der Waals surface area contributed by atoms with Crippen molar-refractivity contribution < 1.29 is 9.53 Å².